The van der Waals surface area contributed by atoms with Gasteiger partial charge in [-0.15, -0.1) is 0 Å². The molecule has 0 aliphatic carbocycles. The van der Waals surface area contributed by atoms with Crippen molar-refractivity contribution < 1.29 is 9.72 Å². The number of carbonyl (C=O) groups is 1. The second-order valence-corrected chi connectivity index (χ2v) is 6.88. The van der Waals surface area contributed by atoms with Gasteiger partial charge in [0.25, 0.3) is 5.69 Å². The van der Waals surface area contributed by atoms with Crippen LogP contribution in [-0.2, 0) is 11.2 Å². The second-order valence-electron chi connectivity index (χ2n) is 6.88. The Labute approximate surface area is 152 Å². The molecule has 2 aliphatic heterocycles. The molecule has 0 radical (unpaired) electrons. The molecule has 2 aromatic rings. The first-order valence-electron chi connectivity index (χ1n) is 9.03. The van der Waals surface area contributed by atoms with Gasteiger partial charge in [0.15, 0.2) is 0 Å². The molecular formula is C20H21N3O3. The van der Waals surface area contributed by atoms with Gasteiger partial charge in [0.1, 0.15) is 5.69 Å². The van der Waals surface area contributed by atoms with Gasteiger partial charge in [-0.1, -0.05) is 30.3 Å². The zero-order chi connectivity index (χ0) is 18.1. The molecule has 6 nitrogen and oxygen atoms in total. The van der Waals surface area contributed by atoms with E-state index in [0.29, 0.717) is 18.8 Å². The summed E-state index contributed by atoms with van der Waals surface area (Å²) < 4.78 is 0. The first kappa shape index (κ1) is 16.6. The Balaban J connectivity index is 1.45. The topological polar surface area (TPSA) is 66.7 Å². The quantitative estimate of drug-likeness (QED) is 0.628. The smallest absolute Gasteiger partial charge is 0.292 e. The number of amides is 1. The summed E-state index contributed by atoms with van der Waals surface area (Å²) in [5.74, 6) is 0.178. The van der Waals surface area contributed by atoms with Crippen molar-refractivity contribution >= 4 is 23.0 Å². The van der Waals surface area contributed by atoms with E-state index < -0.39 is 0 Å². The normalized spacial score (nSPS) is 17.2. The Morgan fingerprint density at radius 2 is 1.62 bits per heavy atom. The van der Waals surface area contributed by atoms with Crippen LogP contribution in [0.15, 0.2) is 48.5 Å². The van der Waals surface area contributed by atoms with Crippen molar-refractivity contribution in [2.75, 3.05) is 29.4 Å². The predicted molar refractivity (Wildman–Crippen MR) is 101 cm³/mol. The largest absolute Gasteiger partial charge is 0.366 e. The van der Waals surface area contributed by atoms with Crippen molar-refractivity contribution in [3.63, 3.8) is 0 Å². The summed E-state index contributed by atoms with van der Waals surface area (Å²) in [6.45, 7) is 2.08. The molecule has 0 atom stereocenters. The highest BCUT2D eigenvalue weighted by Crippen LogP contribution is 2.34. The van der Waals surface area contributed by atoms with E-state index >= 15 is 0 Å². The van der Waals surface area contributed by atoms with Gasteiger partial charge in [-0.05, 0) is 37.0 Å². The van der Waals surface area contributed by atoms with Crippen molar-refractivity contribution in [1.29, 1.82) is 0 Å². The zero-order valence-corrected chi connectivity index (χ0v) is 14.5. The maximum Gasteiger partial charge on any atom is 0.292 e. The Morgan fingerprint density at radius 1 is 0.962 bits per heavy atom. The number of anilines is 2. The van der Waals surface area contributed by atoms with Crippen LogP contribution in [0.3, 0.4) is 0 Å². The summed E-state index contributed by atoms with van der Waals surface area (Å²) >= 11 is 0. The highest BCUT2D eigenvalue weighted by Gasteiger charge is 2.33. The molecule has 0 spiro atoms. The molecule has 0 bridgehead atoms. The van der Waals surface area contributed by atoms with Gasteiger partial charge in [0.05, 0.1) is 4.92 Å². The average Bonchev–Trinajstić information content (AvgIpc) is 3.11. The van der Waals surface area contributed by atoms with Crippen LogP contribution in [0.2, 0.25) is 0 Å². The van der Waals surface area contributed by atoms with Crippen LogP contribution in [0.4, 0.5) is 17.1 Å². The molecule has 1 saturated heterocycles. The van der Waals surface area contributed by atoms with Crippen LogP contribution >= 0.6 is 0 Å². The standard InChI is InChI=1S/C20H21N3O3/c24-20(22-14-11-15-5-1-2-6-17(15)22)16-9-12-21(13-10-16)18-7-3-4-8-19(18)23(25)26/h1-8,16H,9-14H2. The van der Waals surface area contributed by atoms with Crippen molar-refractivity contribution in [2.24, 2.45) is 5.92 Å². The second kappa shape index (κ2) is 6.78. The third-order valence-corrected chi connectivity index (χ3v) is 5.42. The van der Waals surface area contributed by atoms with Crippen LogP contribution in [0, 0.1) is 16.0 Å². The first-order valence-corrected chi connectivity index (χ1v) is 9.03. The lowest BCUT2D eigenvalue weighted by Gasteiger charge is -2.34. The molecule has 1 amide bonds. The lowest BCUT2D eigenvalue weighted by molar-refractivity contribution is -0.384. The van der Waals surface area contributed by atoms with E-state index in [4.69, 9.17) is 0 Å². The molecule has 4 rings (SSSR count). The average molecular weight is 351 g/mol. The maximum atomic E-state index is 13.0. The number of para-hydroxylation sites is 3. The minimum absolute atomic E-state index is 0.0137. The molecule has 1 fully saturated rings. The van der Waals surface area contributed by atoms with Gasteiger partial charge < -0.3 is 9.80 Å². The summed E-state index contributed by atoms with van der Waals surface area (Å²) in [5.41, 5.74) is 3.05. The van der Waals surface area contributed by atoms with E-state index in [0.717, 1.165) is 31.5 Å². The Morgan fingerprint density at radius 3 is 2.35 bits per heavy atom. The van der Waals surface area contributed by atoms with E-state index in [1.807, 2.05) is 34.1 Å². The minimum atomic E-state index is -0.340. The van der Waals surface area contributed by atoms with Crippen molar-refractivity contribution in [3.8, 4) is 0 Å². The van der Waals surface area contributed by atoms with E-state index in [1.54, 1.807) is 12.1 Å². The molecule has 0 aromatic heterocycles. The molecule has 2 heterocycles. The fourth-order valence-corrected chi connectivity index (χ4v) is 4.04. The summed E-state index contributed by atoms with van der Waals surface area (Å²) in [4.78, 5) is 27.8. The molecule has 134 valence electrons. The number of nitrogens with zero attached hydrogens (tertiary/aromatic N) is 3. The molecule has 0 N–H and O–H groups in total. The molecular weight excluding hydrogens is 330 g/mol. The number of piperidine rings is 1. The van der Waals surface area contributed by atoms with Crippen molar-refractivity contribution in [3.05, 3.63) is 64.2 Å². The van der Waals surface area contributed by atoms with Crippen LogP contribution in [0.25, 0.3) is 0 Å². The maximum absolute atomic E-state index is 13.0. The van der Waals surface area contributed by atoms with Gasteiger partial charge in [0.2, 0.25) is 5.91 Å². The number of fused-ring (bicyclic) bond motifs is 1. The molecule has 0 unspecified atom stereocenters. The van der Waals surface area contributed by atoms with Gasteiger partial charge in [-0.2, -0.15) is 0 Å². The zero-order valence-electron chi connectivity index (χ0n) is 14.5. The number of hydrogen-bond acceptors (Lipinski definition) is 4. The van der Waals surface area contributed by atoms with Crippen LogP contribution < -0.4 is 9.80 Å². The Kier molecular flexibility index (Phi) is 4.32. The van der Waals surface area contributed by atoms with Gasteiger partial charge >= 0.3 is 0 Å². The molecule has 2 aliphatic rings. The number of benzene rings is 2. The molecule has 0 saturated carbocycles. The van der Waals surface area contributed by atoms with E-state index in [9.17, 15) is 14.9 Å². The van der Waals surface area contributed by atoms with E-state index in [-0.39, 0.29) is 22.4 Å². The summed E-state index contributed by atoms with van der Waals surface area (Å²) in [5, 5.41) is 11.2. The first-order chi connectivity index (χ1) is 12.6. The summed E-state index contributed by atoms with van der Waals surface area (Å²) in [6, 6.07) is 14.9. The van der Waals surface area contributed by atoms with Gasteiger partial charge in [-0.3, -0.25) is 14.9 Å². The predicted octanol–water partition coefficient (Wildman–Crippen LogP) is 3.40. The van der Waals surface area contributed by atoms with Crippen molar-refractivity contribution in [2.45, 2.75) is 19.3 Å². The monoisotopic (exact) mass is 351 g/mol. The van der Waals surface area contributed by atoms with E-state index in [1.165, 1.54) is 11.6 Å². The summed E-state index contributed by atoms with van der Waals surface area (Å²) in [7, 11) is 0. The SMILES string of the molecule is O=C(C1CCN(c2ccccc2[N+](=O)[O-])CC1)N1CCc2ccccc21. The van der Waals surface area contributed by atoms with Crippen LogP contribution in [0.5, 0.6) is 0 Å². The molecule has 2 aromatic carbocycles. The Bertz CT molecular complexity index is 844. The lowest BCUT2D eigenvalue weighted by atomic mass is 9.94. The third-order valence-electron chi connectivity index (χ3n) is 5.42. The number of hydrogen-bond donors (Lipinski definition) is 0. The van der Waals surface area contributed by atoms with Crippen LogP contribution in [-0.4, -0.2) is 30.5 Å². The number of nitro benzene ring substituents is 1. The van der Waals surface area contributed by atoms with Crippen molar-refractivity contribution in [1.82, 2.24) is 0 Å². The fraction of sp³-hybridized carbons (Fsp3) is 0.350. The van der Waals surface area contributed by atoms with Gasteiger partial charge in [0, 0.05) is 37.3 Å². The van der Waals surface area contributed by atoms with Gasteiger partial charge in [-0.25, -0.2) is 0 Å². The Hall–Kier alpha value is -2.89. The van der Waals surface area contributed by atoms with Crippen LogP contribution in [0.1, 0.15) is 18.4 Å². The lowest BCUT2D eigenvalue weighted by Crippen LogP contribution is -2.42. The minimum Gasteiger partial charge on any atom is -0.366 e. The number of carbonyl (C=O) groups excluding carboxylic acids is 1. The highest BCUT2D eigenvalue weighted by atomic mass is 16.6. The number of rotatable bonds is 3. The van der Waals surface area contributed by atoms with E-state index in [2.05, 4.69) is 6.07 Å². The summed E-state index contributed by atoms with van der Waals surface area (Å²) in [6.07, 6.45) is 2.37. The number of nitro groups is 1. The molecule has 26 heavy (non-hydrogen) atoms. The highest BCUT2D eigenvalue weighted by molar-refractivity contribution is 5.97. The molecule has 6 heteroatoms. The fourth-order valence-electron chi connectivity index (χ4n) is 4.04. The third kappa shape index (κ3) is 2.92.